The predicted octanol–water partition coefficient (Wildman–Crippen LogP) is -0.0744. The van der Waals surface area contributed by atoms with Crippen molar-refractivity contribution >= 4 is 15.9 Å². The third kappa shape index (κ3) is 2.64. The molecule has 1 aromatic heterocycles. The molecule has 2 atom stereocenters. The maximum atomic E-state index is 12.9. The Bertz CT molecular complexity index is 732. The Balaban J connectivity index is 1.81. The van der Waals surface area contributed by atoms with Crippen LogP contribution in [0.15, 0.2) is 17.6 Å². The normalized spacial score (nSPS) is 28.4. The van der Waals surface area contributed by atoms with Crippen LogP contribution in [-0.2, 0) is 26.6 Å². The monoisotopic (exact) mass is 356 g/mol. The molecule has 0 aromatic carbocycles. The first-order valence-corrected chi connectivity index (χ1v) is 9.52. The molecule has 2 aliphatic rings. The Kier molecular flexibility index (Phi) is 4.43. The summed E-state index contributed by atoms with van der Waals surface area (Å²) >= 11 is 0. The highest BCUT2D eigenvalue weighted by atomic mass is 32.2. The number of ether oxygens (including phenoxy) is 1. The highest BCUT2D eigenvalue weighted by Gasteiger charge is 2.57. The minimum atomic E-state index is -3.67. The van der Waals surface area contributed by atoms with Crippen molar-refractivity contribution in [1.29, 1.82) is 0 Å². The molecule has 9 heteroatoms. The minimum Gasteiger partial charge on any atom is -0.383 e. The molecule has 0 radical (unpaired) electrons. The molecule has 0 N–H and O–H groups in total. The van der Waals surface area contributed by atoms with Crippen molar-refractivity contribution < 1.29 is 17.9 Å². The van der Waals surface area contributed by atoms with Crippen molar-refractivity contribution in [3.05, 3.63) is 12.5 Å². The molecule has 2 aliphatic heterocycles. The van der Waals surface area contributed by atoms with Gasteiger partial charge in [-0.05, 0) is 12.3 Å². The van der Waals surface area contributed by atoms with Crippen LogP contribution in [0.2, 0.25) is 0 Å². The fourth-order valence-electron chi connectivity index (χ4n) is 3.73. The molecule has 2 saturated heterocycles. The Morgan fingerprint density at radius 2 is 2.21 bits per heavy atom. The molecule has 3 rings (SSSR count). The fraction of sp³-hybridized carbons (Fsp3) is 0.733. The average molecular weight is 356 g/mol. The van der Waals surface area contributed by atoms with Crippen molar-refractivity contribution in [2.45, 2.75) is 18.4 Å². The van der Waals surface area contributed by atoms with Gasteiger partial charge in [0.25, 0.3) is 10.0 Å². The van der Waals surface area contributed by atoms with E-state index in [4.69, 9.17) is 4.74 Å². The number of imidazole rings is 1. The first-order valence-electron chi connectivity index (χ1n) is 8.08. The molecule has 0 bridgehead atoms. The van der Waals surface area contributed by atoms with Crippen LogP contribution < -0.4 is 0 Å². The molecule has 1 amide bonds. The van der Waals surface area contributed by atoms with Crippen LogP contribution in [0.4, 0.5) is 0 Å². The molecule has 2 fully saturated rings. The lowest BCUT2D eigenvalue weighted by Gasteiger charge is -2.26. The maximum Gasteiger partial charge on any atom is 0.262 e. The summed E-state index contributed by atoms with van der Waals surface area (Å²) in [5.41, 5.74) is -0.615. The Labute approximate surface area is 142 Å². The quantitative estimate of drug-likeness (QED) is 0.737. The van der Waals surface area contributed by atoms with Gasteiger partial charge in [0, 0.05) is 46.5 Å². The van der Waals surface area contributed by atoms with E-state index in [1.807, 2.05) is 6.92 Å². The number of nitrogens with zero attached hydrogens (tertiary/aromatic N) is 4. The maximum absolute atomic E-state index is 12.9. The summed E-state index contributed by atoms with van der Waals surface area (Å²) in [6, 6.07) is 0. The number of methoxy groups -OCH3 is 1. The number of hydrogen-bond donors (Lipinski definition) is 0. The van der Waals surface area contributed by atoms with Gasteiger partial charge in [-0.3, -0.25) is 4.79 Å². The number of carbonyl (C=O) groups excluding carboxylic acids is 1. The Hall–Kier alpha value is -1.45. The molecule has 1 spiro atoms. The van der Waals surface area contributed by atoms with Crippen LogP contribution in [0, 0.1) is 11.3 Å². The zero-order chi connectivity index (χ0) is 17.5. The van der Waals surface area contributed by atoms with Gasteiger partial charge in [-0.25, -0.2) is 13.4 Å². The summed E-state index contributed by atoms with van der Waals surface area (Å²) in [5, 5.41) is 0.0379. The van der Waals surface area contributed by atoms with E-state index in [1.165, 1.54) is 16.8 Å². The van der Waals surface area contributed by atoms with E-state index in [1.54, 1.807) is 23.6 Å². The van der Waals surface area contributed by atoms with Gasteiger partial charge in [-0.2, -0.15) is 4.31 Å². The topological polar surface area (TPSA) is 84.7 Å². The summed E-state index contributed by atoms with van der Waals surface area (Å²) in [7, 11) is -0.329. The molecule has 0 unspecified atom stereocenters. The summed E-state index contributed by atoms with van der Waals surface area (Å²) in [5.74, 6) is 0.0294. The summed E-state index contributed by atoms with van der Waals surface area (Å²) < 4.78 is 33.7. The molecule has 1 aromatic rings. The van der Waals surface area contributed by atoms with E-state index in [-0.39, 0.29) is 23.4 Å². The first-order chi connectivity index (χ1) is 11.3. The SMILES string of the molecule is COCCN1CC[C@]2(CN(S(=O)(=O)c3cn(C)cn3)C[C@H]2C)C1=O. The largest absolute Gasteiger partial charge is 0.383 e. The summed E-state index contributed by atoms with van der Waals surface area (Å²) in [6.07, 6.45) is 3.65. The Morgan fingerprint density at radius 3 is 2.83 bits per heavy atom. The van der Waals surface area contributed by atoms with Gasteiger partial charge in [0.2, 0.25) is 5.91 Å². The zero-order valence-electron chi connectivity index (χ0n) is 14.3. The van der Waals surface area contributed by atoms with Crippen molar-refractivity contribution in [3.63, 3.8) is 0 Å². The average Bonchev–Trinajstić information content (AvgIpc) is 3.20. The van der Waals surface area contributed by atoms with Crippen LogP contribution >= 0.6 is 0 Å². The summed E-state index contributed by atoms with van der Waals surface area (Å²) in [6.45, 7) is 4.25. The second-order valence-corrected chi connectivity index (χ2v) is 8.65. The van der Waals surface area contributed by atoms with Crippen LogP contribution in [0.25, 0.3) is 0 Å². The number of rotatable bonds is 5. The minimum absolute atomic E-state index is 0.0176. The van der Waals surface area contributed by atoms with Gasteiger partial charge in [-0.15, -0.1) is 0 Å². The standard InChI is InChI=1S/C15H24N4O4S/c1-12-8-19(24(21,22)13-9-17(2)11-16-13)10-15(12)4-5-18(14(15)20)6-7-23-3/h9,11-12H,4-8,10H2,1-3H3/t12-,15-/m1/s1. The molecule has 0 aliphatic carbocycles. The number of amides is 1. The second-order valence-electron chi connectivity index (χ2n) is 6.77. The predicted molar refractivity (Wildman–Crippen MR) is 86.6 cm³/mol. The van der Waals surface area contributed by atoms with Crippen LogP contribution in [0.3, 0.4) is 0 Å². The van der Waals surface area contributed by atoms with E-state index >= 15 is 0 Å². The lowest BCUT2D eigenvalue weighted by molar-refractivity contribution is -0.137. The number of carbonyl (C=O) groups is 1. The molecular weight excluding hydrogens is 332 g/mol. The van der Waals surface area contributed by atoms with Gasteiger partial charge in [0.1, 0.15) is 0 Å². The van der Waals surface area contributed by atoms with Crippen molar-refractivity contribution in [3.8, 4) is 0 Å². The number of aromatic nitrogens is 2. The first kappa shape index (κ1) is 17.4. The van der Waals surface area contributed by atoms with Gasteiger partial charge in [0.15, 0.2) is 5.03 Å². The van der Waals surface area contributed by atoms with Crippen LogP contribution in [0.1, 0.15) is 13.3 Å². The van der Waals surface area contributed by atoms with Crippen molar-refractivity contribution in [2.24, 2.45) is 18.4 Å². The van der Waals surface area contributed by atoms with Crippen LogP contribution in [-0.4, -0.2) is 73.0 Å². The molecule has 3 heterocycles. The van der Waals surface area contributed by atoms with Crippen molar-refractivity contribution in [1.82, 2.24) is 18.8 Å². The van der Waals surface area contributed by atoms with Crippen molar-refractivity contribution in [2.75, 3.05) is 39.9 Å². The molecule has 24 heavy (non-hydrogen) atoms. The van der Waals surface area contributed by atoms with Gasteiger partial charge >= 0.3 is 0 Å². The Morgan fingerprint density at radius 1 is 1.46 bits per heavy atom. The lowest BCUT2D eigenvalue weighted by Crippen LogP contribution is -2.41. The summed E-state index contributed by atoms with van der Waals surface area (Å²) in [4.78, 5) is 18.6. The third-order valence-electron chi connectivity index (χ3n) is 5.27. The van der Waals surface area contributed by atoms with E-state index < -0.39 is 15.4 Å². The van der Waals surface area contributed by atoms with E-state index in [0.717, 1.165) is 0 Å². The van der Waals surface area contributed by atoms with Gasteiger partial charge < -0.3 is 14.2 Å². The molecular formula is C15H24N4O4S. The zero-order valence-corrected chi connectivity index (χ0v) is 15.1. The highest BCUT2D eigenvalue weighted by molar-refractivity contribution is 7.89. The number of likely N-dealkylation sites (tertiary alicyclic amines) is 1. The van der Waals surface area contributed by atoms with Crippen LogP contribution in [0.5, 0.6) is 0 Å². The van der Waals surface area contributed by atoms with E-state index in [2.05, 4.69) is 4.98 Å². The molecule has 134 valence electrons. The van der Waals surface area contributed by atoms with Gasteiger partial charge in [0.05, 0.1) is 18.3 Å². The smallest absolute Gasteiger partial charge is 0.262 e. The molecule has 0 saturated carbocycles. The number of hydrogen-bond acceptors (Lipinski definition) is 5. The van der Waals surface area contributed by atoms with Gasteiger partial charge in [-0.1, -0.05) is 6.92 Å². The second kappa shape index (κ2) is 6.12. The number of sulfonamides is 1. The fourth-order valence-corrected chi connectivity index (χ4v) is 5.29. The highest BCUT2D eigenvalue weighted by Crippen LogP contribution is 2.45. The lowest BCUT2D eigenvalue weighted by atomic mass is 9.78. The van der Waals surface area contributed by atoms with E-state index in [9.17, 15) is 13.2 Å². The third-order valence-corrected chi connectivity index (χ3v) is 6.97. The number of aryl methyl sites for hydroxylation is 1. The van der Waals surface area contributed by atoms with E-state index in [0.29, 0.717) is 32.7 Å². The molecule has 8 nitrogen and oxygen atoms in total.